The minimum atomic E-state index is -0.221. The van der Waals surface area contributed by atoms with Gasteiger partial charge in [0.05, 0.1) is 33.7 Å². The van der Waals surface area contributed by atoms with Gasteiger partial charge in [-0.3, -0.25) is 10.1 Å². The quantitative estimate of drug-likeness (QED) is 0.381. The van der Waals surface area contributed by atoms with Gasteiger partial charge < -0.3 is 9.55 Å². The SMILES string of the molecule is Cc1ncc(-c2ccc3[nH]nc(-c4cc5c(-c6ccc(F)s6)nccc5[nH]4)c3c2)n1C. The molecule has 0 saturated heterocycles. The minimum Gasteiger partial charge on any atom is -0.353 e. The molecule has 0 aliphatic heterocycles. The maximum absolute atomic E-state index is 13.6. The fourth-order valence-electron chi connectivity index (χ4n) is 3.97. The number of aryl methyl sites for hydroxylation is 1. The second-order valence-electron chi connectivity index (χ2n) is 7.49. The summed E-state index contributed by atoms with van der Waals surface area (Å²) in [6, 6.07) is 13.4. The van der Waals surface area contributed by atoms with Crippen molar-refractivity contribution in [3.05, 3.63) is 65.8 Å². The lowest BCUT2D eigenvalue weighted by Crippen LogP contribution is -1.94. The number of halogens is 1. The molecule has 0 amide bonds. The van der Waals surface area contributed by atoms with Crippen molar-refractivity contribution in [1.29, 1.82) is 0 Å². The molecule has 6 aromatic rings. The monoisotopic (exact) mass is 428 g/mol. The number of imidazole rings is 1. The van der Waals surface area contributed by atoms with E-state index >= 15 is 0 Å². The summed E-state index contributed by atoms with van der Waals surface area (Å²) in [5.74, 6) is 0.961. The molecule has 0 aliphatic carbocycles. The molecule has 2 N–H and O–H groups in total. The fourth-order valence-corrected chi connectivity index (χ4v) is 4.71. The number of hydrogen-bond donors (Lipinski definition) is 2. The van der Waals surface area contributed by atoms with Gasteiger partial charge in [-0.1, -0.05) is 6.07 Å². The van der Waals surface area contributed by atoms with Gasteiger partial charge >= 0.3 is 0 Å². The van der Waals surface area contributed by atoms with E-state index in [-0.39, 0.29) is 5.13 Å². The van der Waals surface area contributed by atoms with Crippen LogP contribution in [0.5, 0.6) is 0 Å². The highest BCUT2D eigenvalue weighted by atomic mass is 32.1. The van der Waals surface area contributed by atoms with Crippen molar-refractivity contribution in [2.24, 2.45) is 7.05 Å². The lowest BCUT2D eigenvalue weighted by molar-refractivity contribution is 0.657. The normalized spacial score (nSPS) is 11.7. The highest BCUT2D eigenvalue weighted by Gasteiger charge is 2.16. The van der Waals surface area contributed by atoms with Gasteiger partial charge in [0.15, 0.2) is 5.13 Å². The number of nitrogens with zero attached hydrogens (tertiary/aromatic N) is 4. The molecule has 0 aliphatic rings. The number of thiophene rings is 1. The highest BCUT2D eigenvalue weighted by Crippen LogP contribution is 2.36. The summed E-state index contributed by atoms with van der Waals surface area (Å²) in [6.07, 6.45) is 3.62. The second-order valence-corrected chi connectivity index (χ2v) is 8.52. The molecule has 0 saturated carbocycles. The Bertz CT molecular complexity index is 1580. The number of hydrogen-bond acceptors (Lipinski definition) is 4. The molecule has 0 spiro atoms. The van der Waals surface area contributed by atoms with Crippen LogP contribution >= 0.6 is 11.3 Å². The first-order chi connectivity index (χ1) is 15.1. The Kier molecular flexibility index (Phi) is 3.85. The van der Waals surface area contributed by atoms with Gasteiger partial charge in [-0.05, 0) is 43.3 Å². The Balaban J connectivity index is 1.52. The molecule has 1 aromatic carbocycles. The largest absolute Gasteiger partial charge is 0.353 e. The highest BCUT2D eigenvalue weighted by molar-refractivity contribution is 7.13. The Labute approximate surface area is 180 Å². The number of rotatable bonds is 3. The molecule has 152 valence electrons. The first-order valence-electron chi connectivity index (χ1n) is 9.79. The zero-order chi connectivity index (χ0) is 21.1. The molecule has 0 fully saturated rings. The lowest BCUT2D eigenvalue weighted by atomic mass is 10.1. The van der Waals surface area contributed by atoms with Crippen LogP contribution < -0.4 is 0 Å². The van der Waals surface area contributed by atoms with E-state index in [1.807, 2.05) is 38.4 Å². The van der Waals surface area contributed by atoms with Crippen molar-refractivity contribution >= 4 is 33.1 Å². The maximum Gasteiger partial charge on any atom is 0.177 e. The molecule has 0 atom stereocenters. The Morgan fingerprint density at radius 1 is 0.968 bits per heavy atom. The van der Waals surface area contributed by atoms with Crippen LogP contribution in [-0.2, 0) is 7.05 Å². The van der Waals surface area contributed by atoms with Crippen LogP contribution in [0.1, 0.15) is 5.82 Å². The Morgan fingerprint density at radius 2 is 1.84 bits per heavy atom. The number of benzene rings is 1. The minimum absolute atomic E-state index is 0.221. The Morgan fingerprint density at radius 3 is 2.61 bits per heavy atom. The smallest absolute Gasteiger partial charge is 0.177 e. The molecule has 0 bridgehead atoms. The van der Waals surface area contributed by atoms with E-state index in [1.165, 1.54) is 6.07 Å². The molecular formula is C23H17FN6S. The molecule has 5 aromatic heterocycles. The maximum atomic E-state index is 13.6. The van der Waals surface area contributed by atoms with Crippen molar-refractivity contribution in [3.63, 3.8) is 0 Å². The summed E-state index contributed by atoms with van der Waals surface area (Å²) in [4.78, 5) is 13.2. The fraction of sp³-hybridized carbons (Fsp3) is 0.0870. The van der Waals surface area contributed by atoms with Crippen molar-refractivity contribution < 1.29 is 4.39 Å². The second kappa shape index (κ2) is 6.61. The van der Waals surface area contributed by atoms with Crippen molar-refractivity contribution in [2.45, 2.75) is 6.92 Å². The van der Waals surface area contributed by atoms with Crippen LogP contribution in [0.15, 0.2) is 54.9 Å². The van der Waals surface area contributed by atoms with E-state index in [0.29, 0.717) is 0 Å². The van der Waals surface area contributed by atoms with Crippen LogP contribution in [0.2, 0.25) is 0 Å². The van der Waals surface area contributed by atoms with E-state index < -0.39 is 0 Å². The summed E-state index contributed by atoms with van der Waals surface area (Å²) in [5, 5.41) is 9.43. The Hall–Kier alpha value is -3.78. The number of aromatic nitrogens is 6. The van der Waals surface area contributed by atoms with Crippen molar-refractivity contribution in [1.82, 2.24) is 29.7 Å². The zero-order valence-corrected chi connectivity index (χ0v) is 17.6. The third kappa shape index (κ3) is 2.79. The van der Waals surface area contributed by atoms with Gasteiger partial charge in [0.2, 0.25) is 0 Å². The van der Waals surface area contributed by atoms with Crippen LogP contribution in [0.4, 0.5) is 4.39 Å². The molecule has 0 radical (unpaired) electrons. The molecular weight excluding hydrogens is 411 g/mol. The summed E-state index contributed by atoms with van der Waals surface area (Å²) in [7, 11) is 2.01. The predicted molar refractivity (Wildman–Crippen MR) is 121 cm³/mol. The number of nitrogens with one attached hydrogen (secondary N) is 2. The van der Waals surface area contributed by atoms with Gasteiger partial charge in [-0.2, -0.15) is 9.49 Å². The van der Waals surface area contributed by atoms with Crippen LogP contribution in [0, 0.1) is 12.1 Å². The van der Waals surface area contributed by atoms with Gasteiger partial charge in [-0.15, -0.1) is 11.3 Å². The summed E-state index contributed by atoms with van der Waals surface area (Å²) in [5.41, 5.74) is 6.49. The van der Waals surface area contributed by atoms with E-state index in [1.54, 1.807) is 12.3 Å². The number of H-pyrrole nitrogens is 2. The van der Waals surface area contributed by atoms with Crippen LogP contribution in [-0.4, -0.2) is 29.7 Å². The average molecular weight is 428 g/mol. The summed E-state index contributed by atoms with van der Waals surface area (Å²) < 4.78 is 15.7. The van der Waals surface area contributed by atoms with E-state index in [0.717, 1.165) is 72.2 Å². The first-order valence-corrected chi connectivity index (χ1v) is 10.6. The van der Waals surface area contributed by atoms with Crippen molar-refractivity contribution in [2.75, 3.05) is 0 Å². The third-order valence-electron chi connectivity index (χ3n) is 5.69. The van der Waals surface area contributed by atoms with E-state index in [2.05, 4.69) is 41.8 Å². The van der Waals surface area contributed by atoms with Crippen LogP contribution in [0.3, 0.4) is 0 Å². The number of pyridine rings is 1. The standard InChI is InChI=1S/C23H17FN6S/c1-12-26-11-19(30(12)2)13-3-4-17-14(9-13)22(29-28-17)18-10-15-16(27-18)7-8-25-23(15)20-5-6-21(24)31-20/h3-11,27H,1-2H3,(H,28,29). The molecule has 6 rings (SSSR count). The van der Waals surface area contributed by atoms with Gasteiger partial charge in [-0.25, -0.2) is 4.98 Å². The number of fused-ring (bicyclic) bond motifs is 2. The summed E-state index contributed by atoms with van der Waals surface area (Å²) >= 11 is 1.09. The first kappa shape index (κ1) is 18.0. The van der Waals surface area contributed by atoms with Gasteiger partial charge in [0, 0.05) is 35.1 Å². The van der Waals surface area contributed by atoms with Gasteiger partial charge in [0.1, 0.15) is 11.5 Å². The summed E-state index contributed by atoms with van der Waals surface area (Å²) in [6.45, 7) is 1.99. The molecule has 31 heavy (non-hydrogen) atoms. The van der Waals surface area contributed by atoms with Gasteiger partial charge in [0.25, 0.3) is 0 Å². The molecule has 8 heteroatoms. The molecule has 6 nitrogen and oxygen atoms in total. The lowest BCUT2D eigenvalue weighted by Gasteiger charge is -2.04. The molecule has 5 heterocycles. The van der Waals surface area contributed by atoms with E-state index in [4.69, 9.17) is 0 Å². The molecule has 0 unspecified atom stereocenters. The average Bonchev–Trinajstić information content (AvgIpc) is 3.54. The zero-order valence-electron chi connectivity index (χ0n) is 16.8. The topological polar surface area (TPSA) is 75.2 Å². The van der Waals surface area contributed by atoms with Crippen molar-refractivity contribution in [3.8, 4) is 33.2 Å². The van der Waals surface area contributed by atoms with Crippen LogP contribution in [0.25, 0.3) is 55.0 Å². The van der Waals surface area contributed by atoms with E-state index in [9.17, 15) is 4.39 Å². The third-order valence-corrected chi connectivity index (χ3v) is 6.57. The predicted octanol–water partition coefficient (Wildman–Crippen LogP) is 5.68. The number of aromatic amines is 2.